The van der Waals surface area contributed by atoms with Gasteiger partial charge in [0.15, 0.2) is 0 Å². The van der Waals surface area contributed by atoms with Crippen molar-refractivity contribution in [3.05, 3.63) is 58.6 Å². The molecule has 134 valence electrons. The largest absolute Gasteiger partial charge is 0.423 e. The molecule has 0 fully saturated rings. The first-order chi connectivity index (χ1) is 11.6. The Morgan fingerprint density at radius 2 is 1.68 bits per heavy atom. The molecular weight excluding hydrogens is 362 g/mol. The highest BCUT2D eigenvalue weighted by atomic mass is 35.5. The zero-order chi connectivity index (χ0) is 18.8. The van der Waals surface area contributed by atoms with Crippen molar-refractivity contribution in [1.29, 1.82) is 0 Å². The van der Waals surface area contributed by atoms with Gasteiger partial charge in [0, 0.05) is 14.1 Å². The zero-order valence-corrected chi connectivity index (χ0v) is 16.1. The number of sulfonamides is 1. The monoisotopic (exact) mass is 381 g/mol. The van der Waals surface area contributed by atoms with Gasteiger partial charge < -0.3 is 4.74 Å². The molecule has 0 spiro atoms. The van der Waals surface area contributed by atoms with Crippen LogP contribution >= 0.6 is 11.6 Å². The molecule has 0 aliphatic carbocycles. The van der Waals surface area contributed by atoms with Crippen LogP contribution in [0.25, 0.3) is 0 Å². The molecule has 0 aliphatic rings. The van der Waals surface area contributed by atoms with Crippen molar-refractivity contribution in [2.75, 3.05) is 14.1 Å². The number of hydrogen-bond donors (Lipinski definition) is 0. The van der Waals surface area contributed by atoms with Gasteiger partial charge in [0.05, 0.1) is 15.5 Å². The van der Waals surface area contributed by atoms with Crippen LogP contribution in [0.15, 0.2) is 47.4 Å². The highest BCUT2D eigenvalue weighted by Gasteiger charge is 2.21. The van der Waals surface area contributed by atoms with E-state index in [9.17, 15) is 13.2 Å². The topological polar surface area (TPSA) is 63.7 Å². The maximum atomic E-state index is 12.4. The van der Waals surface area contributed by atoms with Crippen LogP contribution in [0.3, 0.4) is 0 Å². The number of nitrogens with zero attached hydrogens (tertiary/aromatic N) is 1. The summed E-state index contributed by atoms with van der Waals surface area (Å²) in [7, 11) is -0.841. The van der Waals surface area contributed by atoms with E-state index in [0.717, 1.165) is 9.87 Å². The van der Waals surface area contributed by atoms with Crippen molar-refractivity contribution >= 4 is 27.6 Å². The predicted octanol–water partition coefficient (Wildman–Crippen LogP) is 3.93. The number of esters is 1. The van der Waals surface area contributed by atoms with E-state index in [1.807, 2.05) is 12.1 Å². The van der Waals surface area contributed by atoms with Gasteiger partial charge in [0.1, 0.15) is 5.75 Å². The first-order valence-corrected chi connectivity index (χ1v) is 9.49. The third-order valence-electron chi connectivity index (χ3n) is 3.69. The lowest BCUT2D eigenvalue weighted by Crippen LogP contribution is -2.22. The van der Waals surface area contributed by atoms with Gasteiger partial charge in [-0.3, -0.25) is 0 Å². The molecule has 0 saturated carbocycles. The molecule has 0 saturated heterocycles. The van der Waals surface area contributed by atoms with Gasteiger partial charge >= 0.3 is 5.97 Å². The smallest absolute Gasteiger partial charge is 0.345 e. The lowest BCUT2D eigenvalue weighted by molar-refractivity contribution is 0.0734. The van der Waals surface area contributed by atoms with Crippen LogP contribution in [0.1, 0.15) is 35.7 Å². The van der Waals surface area contributed by atoms with Crippen molar-refractivity contribution in [3.63, 3.8) is 0 Å². The highest BCUT2D eigenvalue weighted by Crippen LogP contribution is 2.24. The third kappa shape index (κ3) is 4.39. The average Bonchev–Trinajstić information content (AvgIpc) is 2.55. The second-order valence-corrected chi connectivity index (χ2v) is 8.60. The van der Waals surface area contributed by atoms with Crippen LogP contribution < -0.4 is 4.74 Å². The van der Waals surface area contributed by atoms with Crippen molar-refractivity contribution in [1.82, 2.24) is 4.31 Å². The second-order valence-electron chi connectivity index (χ2n) is 6.04. The minimum Gasteiger partial charge on any atom is -0.423 e. The van der Waals surface area contributed by atoms with E-state index < -0.39 is 16.0 Å². The number of hydrogen-bond acceptors (Lipinski definition) is 4. The standard InChI is InChI=1S/C18H20ClNO4S/c1-12(2)13-5-7-14(8-6-13)24-18(21)16-11-15(9-10-17(16)19)25(22,23)20(3)4/h5-12H,1-4H3. The lowest BCUT2D eigenvalue weighted by atomic mass is 10.0. The molecule has 0 bridgehead atoms. The summed E-state index contributed by atoms with van der Waals surface area (Å²) in [6.07, 6.45) is 0. The van der Waals surface area contributed by atoms with Crippen molar-refractivity contribution in [2.45, 2.75) is 24.7 Å². The fraction of sp³-hybridized carbons (Fsp3) is 0.278. The Morgan fingerprint density at radius 3 is 2.20 bits per heavy atom. The molecular formula is C18H20ClNO4S. The Labute approximate surface area is 153 Å². The maximum Gasteiger partial charge on any atom is 0.345 e. The summed E-state index contributed by atoms with van der Waals surface area (Å²) >= 11 is 6.04. The Morgan fingerprint density at radius 1 is 1.08 bits per heavy atom. The summed E-state index contributed by atoms with van der Waals surface area (Å²) in [5, 5.41) is 0.126. The molecule has 0 aliphatic heterocycles. The number of benzene rings is 2. The van der Waals surface area contributed by atoms with E-state index in [1.54, 1.807) is 12.1 Å². The molecule has 0 amide bonds. The molecule has 0 N–H and O–H groups in total. The lowest BCUT2D eigenvalue weighted by Gasteiger charge is -2.13. The van der Waals surface area contributed by atoms with E-state index in [0.29, 0.717) is 11.7 Å². The van der Waals surface area contributed by atoms with E-state index in [1.165, 1.54) is 32.3 Å². The Balaban J connectivity index is 2.30. The summed E-state index contributed by atoms with van der Waals surface area (Å²) < 4.78 is 30.8. The van der Waals surface area contributed by atoms with E-state index in [2.05, 4.69) is 13.8 Å². The summed E-state index contributed by atoms with van der Waals surface area (Å²) in [5.74, 6) is 0.0246. The van der Waals surface area contributed by atoms with Crippen LogP contribution in [0.4, 0.5) is 0 Å². The molecule has 5 nitrogen and oxygen atoms in total. The predicted molar refractivity (Wildman–Crippen MR) is 97.8 cm³/mol. The van der Waals surface area contributed by atoms with Gasteiger partial charge in [0.25, 0.3) is 0 Å². The summed E-state index contributed by atoms with van der Waals surface area (Å²) in [6.45, 7) is 4.13. The molecule has 25 heavy (non-hydrogen) atoms. The summed E-state index contributed by atoms with van der Waals surface area (Å²) in [4.78, 5) is 12.4. The van der Waals surface area contributed by atoms with Crippen LogP contribution in [0.5, 0.6) is 5.75 Å². The number of carbonyl (C=O) groups excluding carboxylic acids is 1. The Kier molecular flexibility index (Phi) is 5.87. The van der Waals surface area contributed by atoms with Crippen molar-refractivity contribution < 1.29 is 17.9 Å². The molecule has 0 unspecified atom stereocenters. The van der Waals surface area contributed by atoms with E-state index in [-0.39, 0.29) is 15.5 Å². The van der Waals surface area contributed by atoms with Crippen LogP contribution in [-0.2, 0) is 10.0 Å². The van der Waals surface area contributed by atoms with Gasteiger partial charge in [-0.05, 0) is 41.8 Å². The maximum absolute atomic E-state index is 12.4. The molecule has 2 aromatic carbocycles. The normalized spacial score (nSPS) is 11.8. The SMILES string of the molecule is CC(C)c1ccc(OC(=O)c2cc(S(=O)(=O)N(C)C)ccc2Cl)cc1. The van der Waals surface area contributed by atoms with E-state index >= 15 is 0 Å². The average molecular weight is 382 g/mol. The molecule has 2 rings (SSSR count). The Bertz CT molecular complexity index is 874. The van der Waals surface area contributed by atoms with Gasteiger partial charge in [0.2, 0.25) is 10.0 Å². The molecule has 7 heteroatoms. The molecule has 0 aromatic heterocycles. The van der Waals surface area contributed by atoms with Gasteiger partial charge in [-0.2, -0.15) is 0 Å². The number of rotatable bonds is 5. The highest BCUT2D eigenvalue weighted by molar-refractivity contribution is 7.89. The summed E-state index contributed by atoms with van der Waals surface area (Å²) in [5.41, 5.74) is 1.12. The molecule has 0 radical (unpaired) electrons. The first-order valence-electron chi connectivity index (χ1n) is 7.67. The van der Waals surface area contributed by atoms with Crippen molar-refractivity contribution in [2.24, 2.45) is 0 Å². The fourth-order valence-electron chi connectivity index (χ4n) is 2.11. The van der Waals surface area contributed by atoms with Crippen molar-refractivity contribution in [3.8, 4) is 5.75 Å². The van der Waals surface area contributed by atoms with Gasteiger partial charge in [-0.25, -0.2) is 17.5 Å². The first kappa shape index (κ1) is 19.4. The van der Waals surface area contributed by atoms with Gasteiger partial charge in [-0.15, -0.1) is 0 Å². The second kappa shape index (κ2) is 7.56. The zero-order valence-electron chi connectivity index (χ0n) is 14.5. The quantitative estimate of drug-likeness (QED) is 0.581. The Hall–Kier alpha value is -1.89. The van der Waals surface area contributed by atoms with E-state index in [4.69, 9.17) is 16.3 Å². The van der Waals surface area contributed by atoms with Crippen LogP contribution in [0, 0.1) is 0 Å². The van der Waals surface area contributed by atoms with Gasteiger partial charge in [-0.1, -0.05) is 37.6 Å². The molecule has 2 aromatic rings. The molecule has 0 atom stereocenters. The number of ether oxygens (including phenoxy) is 1. The number of carbonyl (C=O) groups is 1. The number of halogens is 1. The molecule has 0 heterocycles. The third-order valence-corrected chi connectivity index (χ3v) is 5.83. The minimum atomic E-state index is -3.67. The summed E-state index contributed by atoms with van der Waals surface area (Å²) in [6, 6.07) is 11.1. The van der Waals surface area contributed by atoms with Crippen LogP contribution in [-0.4, -0.2) is 32.8 Å². The fourth-order valence-corrected chi connectivity index (χ4v) is 3.24. The van der Waals surface area contributed by atoms with Crippen LogP contribution in [0.2, 0.25) is 5.02 Å². The minimum absolute atomic E-state index is 0.00229.